The minimum absolute atomic E-state index is 0.0673. The number of benzene rings is 1. The Morgan fingerprint density at radius 3 is 2.89 bits per heavy atom. The SMILES string of the molecule is COCc1cc(=O)n(-c2cccc([N+](=O)[O-])c2)[nH]1. The lowest BCUT2D eigenvalue weighted by atomic mass is 10.3. The molecule has 1 aromatic heterocycles. The van der Waals surface area contributed by atoms with Crippen molar-refractivity contribution in [2.45, 2.75) is 6.61 Å². The van der Waals surface area contributed by atoms with Crippen molar-refractivity contribution in [3.05, 3.63) is 56.5 Å². The molecule has 0 unspecified atom stereocenters. The van der Waals surface area contributed by atoms with Crippen molar-refractivity contribution in [2.75, 3.05) is 7.11 Å². The minimum atomic E-state index is -0.506. The number of hydrogen-bond acceptors (Lipinski definition) is 4. The first kappa shape index (κ1) is 12.1. The third-order valence-corrected chi connectivity index (χ3v) is 2.37. The molecule has 0 atom stereocenters. The third kappa shape index (κ3) is 2.30. The van der Waals surface area contributed by atoms with Gasteiger partial charge in [-0.15, -0.1) is 0 Å². The second-order valence-electron chi connectivity index (χ2n) is 3.67. The first-order valence-corrected chi connectivity index (χ1v) is 5.16. The second kappa shape index (κ2) is 4.84. The van der Waals surface area contributed by atoms with E-state index in [1.165, 1.54) is 36.1 Å². The van der Waals surface area contributed by atoms with Crippen LogP contribution in [0.5, 0.6) is 0 Å². The quantitative estimate of drug-likeness (QED) is 0.651. The third-order valence-electron chi connectivity index (χ3n) is 2.37. The van der Waals surface area contributed by atoms with E-state index >= 15 is 0 Å². The number of H-pyrrole nitrogens is 1. The number of nitro benzene ring substituents is 1. The molecule has 0 fully saturated rings. The van der Waals surface area contributed by atoms with Crippen molar-refractivity contribution in [3.63, 3.8) is 0 Å². The number of aromatic amines is 1. The van der Waals surface area contributed by atoms with E-state index < -0.39 is 4.92 Å². The van der Waals surface area contributed by atoms with Gasteiger partial charge < -0.3 is 4.74 Å². The molecule has 0 bridgehead atoms. The fourth-order valence-corrected chi connectivity index (χ4v) is 1.61. The maximum absolute atomic E-state index is 11.7. The summed E-state index contributed by atoms with van der Waals surface area (Å²) >= 11 is 0. The number of non-ortho nitro benzene ring substituents is 1. The van der Waals surface area contributed by atoms with E-state index in [0.717, 1.165) is 0 Å². The Hall–Kier alpha value is -2.41. The lowest BCUT2D eigenvalue weighted by Crippen LogP contribution is -2.13. The molecule has 1 N–H and O–H groups in total. The van der Waals surface area contributed by atoms with Crippen LogP contribution in [0.3, 0.4) is 0 Å². The van der Waals surface area contributed by atoms with E-state index in [9.17, 15) is 14.9 Å². The van der Waals surface area contributed by atoms with Crippen LogP contribution < -0.4 is 5.56 Å². The van der Waals surface area contributed by atoms with Crippen LogP contribution in [0, 0.1) is 10.1 Å². The molecule has 1 aromatic carbocycles. The molecule has 18 heavy (non-hydrogen) atoms. The maximum Gasteiger partial charge on any atom is 0.271 e. The first-order chi connectivity index (χ1) is 8.61. The average molecular weight is 249 g/mol. The smallest absolute Gasteiger partial charge is 0.271 e. The van der Waals surface area contributed by atoms with Crippen LogP contribution >= 0.6 is 0 Å². The molecular formula is C11H11N3O4. The molecular weight excluding hydrogens is 238 g/mol. The highest BCUT2D eigenvalue weighted by atomic mass is 16.6. The van der Waals surface area contributed by atoms with E-state index in [1.54, 1.807) is 6.07 Å². The van der Waals surface area contributed by atoms with Gasteiger partial charge in [0, 0.05) is 25.3 Å². The van der Waals surface area contributed by atoms with Crippen molar-refractivity contribution in [2.24, 2.45) is 0 Å². The summed E-state index contributed by atoms with van der Waals surface area (Å²) < 4.78 is 6.14. The van der Waals surface area contributed by atoms with Gasteiger partial charge in [0.1, 0.15) is 0 Å². The molecule has 0 aliphatic rings. The number of hydrogen-bond donors (Lipinski definition) is 1. The molecule has 1 heterocycles. The molecule has 7 heteroatoms. The number of nitrogens with zero attached hydrogens (tertiary/aromatic N) is 2. The second-order valence-corrected chi connectivity index (χ2v) is 3.67. The highest BCUT2D eigenvalue weighted by Crippen LogP contribution is 2.15. The van der Waals surface area contributed by atoms with Crippen molar-refractivity contribution in [1.82, 2.24) is 9.78 Å². The zero-order valence-electron chi connectivity index (χ0n) is 9.62. The summed E-state index contributed by atoms with van der Waals surface area (Å²) in [6, 6.07) is 7.22. The van der Waals surface area contributed by atoms with Gasteiger partial charge in [0.2, 0.25) is 0 Å². The molecule has 0 amide bonds. The van der Waals surface area contributed by atoms with Crippen LogP contribution in [0.4, 0.5) is 5.69 Å². The molecule has 0 spiro atoms. The lowest BCUT2D eigenvalue weighted by Gasteiger charge is -2.01. The summed E-state index contributed by atoms with van der Waals surface area (Å²) in [5.74, 6) is 0. The summed E-state index contributed by atoms with van der Waals surface area (Å²) in [6.45, 7) is 0.275. The Morgan fingerprint density at radius 1 is 1.44 bits per heavy atom. The van der Waals surface area contributed by atoms with Gasteiger partial charge in [-0.1, -0.05) is 6.07 Å². The monoisotopic (exact) mass is 249 g/mol. The molecule has 0 aliphatic heterocycles. The lowest BCUT2D eigenvalue weighted by molar-refractivity contribution is -0.384. The zero-order chi connectivity index (χ0) is 13.1. The molecule has 0 radical (unpaired) electrons. The number of ether oxygens (including phenoxy) is 1. The molecule has 7 nitrogen and oxygen atoms in total. The molecule has 0 saturated heterocycles. The molecule has 94 valence electrons. The largest absolute Gasteiger partial charge is 0.378 e. The Kier molecular flexibility index (Phi) is 3.24. The van der Waals surface area contributed by atoms with Crippen LogP contribution in [0.15, 0.2) is 35.1 Å². The van der Waals surface area contributed by atoms with E-state index in [2.05, 4.69) is 5.10 Å². The predicted octanol–water partition coefficient (Wildman–Crippen LogP) is 1.22. The van der Waals surface area contributed by atoms with Gasteiger partial charge in [0.15, 0.2) is 0 Å². The van der Waals surface area contributed by atoms with Crippen molar-refractivity contribution in [3.8, 4) is 5.69 Å². The predicted molar refractivity (Wildman–Crippen MR) is 63.8 cm³/mol. The summed E-state index contributed by atoms with van der Waals surface area (Å²) in [5, 5.41) is 13.5. The Morgan fingerprint density at radius 2 is 2.22 bits per heavy atom. The van der Waals surface area contributed by atoms with Crippen LogP contribution in [0.2, 0.25) is 0 Å². The minimum Gasteiger partial charge on any atom is -0.378 e. The number of nitro groups is 1. The van der Waals surface area contributed by atoms with Gasteiger partial charge in [-0.25, -0.2) is 4.68 Å². The highest BCUT2D eigenvalue weighted by molar-refractivity contribution is 5.42. The van der Waals surface area contributed by atoms with Gasteiger partial charge in [0.05, 0.1) is 22.9 Å². The number of rotatable bonds is 4. The summed E-state index contributed by atoms with van der Waals surface area (Å²) in [6.07, 6.45) is 0. The van der Waals surface area contributed by atoms with Crippen molar-refractivity contribution < 1.29 is 9.66 Å². The molecule has 2 aromatic rings. The van der Waals surface area contributed by atoms with Gasteiger partial charge in [-0.2, -0.15) is 0 Å². The van der Waals surface area contributed by atoms with Gasteiger partial charge in [-0.05, 0) is 6.07 Å². The van der Waals surface area contributed by atoms with E-state index in [-0.39, 0.29) is 17.9 Å². The first-order valence-electron chi connectivity index (χ1n) is 5.16. The normalized spacial score (nSPS) is 10.5. The molecule has 2 rings (SSSR count). The highest BCUT2D eigenvalue weighted by Gasteiger charge is 2.09. The van der Waals surface area contributed by atoms with Crippen molar-refractivity contribution in [1.29, 1.82) is 0 Å². The maximum atomic E-state index is 11.7. The summed E-state index contributed by atoms with van der Waals surface area (Å²) in [5.41, 5.74) is 0.662. The molecule has 0 saturated carbocycles. The number of nitrogens with one attached hydrogen (secondary N) is 1. The van der Waals surface area contributed by atoms with Crippen LogP contribution in [0.25, 0.3) is 5.69 Å². The fourth-order valence-electron chi connectivity index (χ4n) is 1.61. The van der Waals surface area contributed by atoms with Crippen LogP contribution in [-0.2, 0) is 11.3 Å². The van der Waals surface area contributed by atoms with Gasteiger partial charge in [0.25, 0.3) is 11.2 Å². The average Bonchev–Trinajstić information content (AvgIpc) is 2.71. The van der Waals surface area contributed by atoms with Crippen molar-refractivity contribution >= 4 is 5.69 Å². The Labute approximate surface area is 102 Å². The van der Waals surface area contributed by atoms with Gasteiger partial charge >= 0.3 is 0 Å². The summed E-state index contributed by atoms with van der Waals surface area (Å²) in [7, 11) is 1.52. The zero-order valence-corrected chi connectivity index (χ0v) is 9.62. The molecule has 0 aliphatic carbocycles. The van der Waals surface area contributed by atoms with Crippen LogP contribution in [0.1, 0.15) is 5.69 Å². The standard InChI is InChI=1S/C11H11N3O4/c1-18-7-8-5-11(15)13(12-8)9-3-2-4-10(6-9)14(16)17/h2-6,12H,7H2,1H3. The van der Waals surface area contributed by atoms with Crippen LogP contribution in [-0.4, -0.2) is 21.8 Å². The number of methoxy groups -OCH3 is 1. The van der Waals surface area contributed by atoms with Gasteiger partial charge in [-0.3, -0.25) is 20.0 Å². The Bertz CT molecular complexity index is 629. The fraction of sp³-hybridized carbons (Fsp3) is 0.182. The van der Waals surface area contributed by atoms with E-state index in [0.29, 0.717) is 11.4 Å². The Balaban J connectivity index is 2.45. The van der Waals surface area contributed by atoms with E-state index in [4.69, 9.17) is 4.74 Å². The number of aromatic nitrogens is 2. The topological polar surface area (TPSA) is 90.2 Å². The van der Waals surface area contributed by atoms with E-state index in [1.807, 2.05) is 0 Å². The summed E-state index contributed by atoms with van der Waals surface area (Å²) in [4.78, 5) is 21.9.